The second kappa shape index (κ2) is 6.50. The number of hydrogen-bond donors (Lipinski definition) is 1. The normalized spacial score (nSPS) is 19.2. The van der Waals surface area contributed by atoms with Gasteiger partial charge in [-0.1, -0.05) is 30.5 Å². The number of nitrogens with zero attached hydrogens (tertiary/aromatic N) is 1. The van der Waals surface area contributed by atoms with Gasteiger partial charge in [0, 0.05) is 18.1 Å². The molecule has 0 saturated heterocycles. The molecule has 1 N–H and O–H groups in total. The summed E-state index contributed by atoms with van der Waals surface area (Å²) in [7, 11) is 4.47. The van der Waals surface area contributed by atoms with Crippen molar-refractivity contribution in [1.29, 1.82) is 0 Å². The third-order valence-electron chi connectivity index (χ3n) is 5.39. The Hall–Kier alpha value is -0.860. The first kappa shape index (κ1) is 16.5. The lowest BCUT2D eigenvalue weighted by molar-refractivity contribution is 0.150. The van der Waals surface area contributed by atoms with Gasteiger partial charge in [0.25, 0.3) is 0 Å². The maximum atomic E-state index is 3.82. The van der Waals surface area contributed by atoms with Crippen molar-refractivity contribution in [3.63, 3.8) is 0 Å². The van der Waals surface area contributed by atoms with Crippen molar-refractivity contribution in [2.75, 3.05) is 20.6 Å². The van der Waals surface area contributed by atoms with Crippen molar-refractivity contribution >= 4 is 0 Å². The molecule has 0 spiro atoms. The molecule has 0 radical (unpaired) electrons. The zero-order valence-corrected chi connectivity index (χ0v) is 14.7. The highest BCUT2D eigenvalue weighted by Crippen LogP contribution is 2.34. The zero-order chi connectivity index (χ0) is 15.6. The molecular formula is C19H32N2. The Bertz CT molecular complexity index is 461. The van der Waals surface area contributed by atoms with Crippen LogP contribution in [0.25, 0.3) is 0 Å². The van der Waals surface area contributed by atoms with E-state index in [0.717, 1.165) is 6.54 Å². The highest BCUT2D eigenvalue weighted by Gasteiger charge is 2.35. The van der Waals surface area contributed by atoms with E-state index in [4.69, 9.17) is 0 Å². The number of likely N-dealkylation sites (N-methyl/N-ethyl adjacent to an activating group) is 1. The van der Waals surface area contributed by atoms with Gasteiger partial charge < -0.3 is 10.2 Å². The molecule has 1 aromatic rings. The summed E-state index contributed by atoms with van der Waals surface area (Å²) in [5, 5.41) is 3.82. The summed E-state index contributed by atoms with van der Waals surface area (Å²) < 4.78 is 0. The molecule has 1 aliphatic carbocycles. The molecule has 118 valence electrons. The highest BCUT2D eigenvalue weighted by molar-refractivity contribution is 5.39. The van der Waals surface area contributed by atoms with Crippen LogP contribution in [0.4, 0.5) is 0 Å². The van der Waals surface area contributed by atoms with Gasteiger partial charge in [0.15, 0.2) is 0 Å². The van der Waals surface area contributed by atoms with E-state index in [-0.39, 0.29) is 0 Å². The van der Waals surface area contributed by atoms with Crippen LogP contribution >= 0.6 is 0 Å². The van der Waals surface area contributed by atoms with Crippen LogP contribution in [0.15, 0.2) is 12.1 Å². The van der Waals surface area contributed by atoms with Crippen molar-refractivity contribution < 1.29 is 0 Å². The predicted octanol–water partition coefficient (Wildman–Crippen LogP) is 4.14. The first-order valence-corrected chi connectivity index (χ1v) is 8.34. The molecule has 0 aromatic heterocycles. The lowest BCUT2D eigenvalue weighted by Gasteiger charge is -2.38. The van der Waals surface area contributed by atoms with Gasteiger partial charge in [0.1, 0.15) is 0 Å². The Morgan fingerprint density at radius 1 is 1.10 bits per heavy atom. The molecule has 2 nitrogen and oxygen atoms in total. The Morgan fingerprint density at radius 2 is 1.62 bits per heavy atom. The van der Waals surface area contributed by atoms with E-state index in [2.05, 4.69) is 64.1 Å². The lowest BCUT2D eigenvalue weighted by Crippen LogP contribution is -2.50. The monoisotopic (exact) mass is 288 g/mol. The van der Waals surface area contributed by atoms with Crippen molar-refractivity contribution in [1.82, 2.24) is 10.2 Å². The van der Waals surface area contributed by atoms with Gasteiger partial charge in [0.05, 0.1) is 0 Å². The fourth-order valence-electron chi connectivity index (χ4n) is 4.13. The molecule has 0 heterocycles. The molecule has 1 atom stereocenters. The van der Waals surface area contributed by atoms with E-state index < -0.39 is 0 Å². The van der Waals surface area contributed by atoms with Gasteiger partial charge in [0.2, 0.25) is 0 Å². The quantitative estimate of drug-likeness (QED) is 0.876. The smallest absolute Gasteiger partial charge is 0.0328 e. The summed E-state index contributed by atoms with van der Waals surface area (Å²) in [4.78, 5) is 2.44. The number of benzene rings is 1. The largest absolute Gasteiger partial charge is 0.308 e. The van der Waals surface area contributed by atoms with Gasteiger partial charge >= 0.3 is 0 Å². The fraction of sp³-hybridized carbons (Fsp3) is 0.684. The van der Waals surface area contributed by atoms with Crippen LogP contribution in [0.1, 0.15) is 60.9 Å². The first-order chi connectivity index (χ1) is 9.85. The van der Waals surface area contributed by atoms with Crippen LogP contribution in [0.2, 0.25) is 0 Å². The maximum absolute atomic E-state index is 3.82. The average Bonchev–Trinajstić information content (AvgIpc) is 2.85. The average molecular weight is 288 g/mol. The molecule has 0 bridgehead atoms. The van der Waals surface area contributed by atoms with E-state index in [1.54, 1.807) is 0 Å². The lowest BCUT2D eigenvalue weighted by atomic mass is 9.92. The second-order valence-electron chi connectivity index (χ2n) is 7.24. The number of hydrogen-bond acceptors (Lipinski definition) is 2. The van der Waals surface area contributed by atoms with Gasteiger partial charge in [-0.3, -0.25) is 0 Å². The number of nitrogens with one attached hydrogen (secondary N) is 1. The standard InChI is InChI=1S/C19H32N2/c1-14-11-15(2)18(16(3)12-14)17(4)20-13-19(21(5)6)9-7-8-10-19/h11-12,17,20H,7-10,13H2,1-6H3. The van der Waals surface area contributed by atoms with Crippen LogP contribution in [0.3, 0.4) is 0 Å². The highest BCUT2D eigenvalue weighted by atomic mass is 15.2. The van der Waals surface area contributed by atoms with Gasteiger partial charge in [-0.15, -0.1) is 0 Å². The third kappa shape index (κ3) is 3.49. The summed E-state index contributed by atoms with van der Waals surface area (Å²) in [5.74, 6) is 0. The number of rotatable bonds is 5. The topological polar surface area (TPSA) is 15.3 Å². The van der Waals surface area contributed by atoms with E-state index in [1.165, 1.54) is 47.9 Å². The molecule has 1 saturated carbocycles. The van der Waals surface area contributed by atoms with E-state index in [0.29, 0.717) is 11.6 Å². The molecule has 21 heavy (non-hydrogen) atoms. The molecule has 0 aliphatic heterocycles. The molecule has 2 heteroatoms. The summed E-state index contributed by atoms with van der Waals surface area (Å²) in [6, 6.07) is 5.03. The van der Waals surface area contributed by atoms with Crippen molar-refractivity contribution in [2.24, 2.45) is 0 Å². The van der Waals surface area contributed by atoms with Crippen LogP contribution < -0.4 is 5.32 Å². The molecule has 2 rings (SSSR count). The Morgan fingerprint density at radius 3 is 2.10 bits per heavy atom. The minimum absolute atomic E-state index is 0.362. The van der Waals surface area contributed by atoms with Crippen LogP contribution in [0.5, 0.6) is 0 Å². The summed E-state index contributed by atoms with van der Waals surface area (Å²) in [6.45, 7) is 10.1. The zero-order valence-electron chi connectivity index (χ0n) is 14.7. The maximum Gasteiger partial charge on any atom is 0.0328 e. The van der Waals surface area contributed by atoms with Crippen molar-refractivity contribution in [3.8, 4) is 0 Å². The minimum Gasteiger partial charge on any atom is -0.308 e. The Labute approximate surface area is 130 Å². The third-order valence-corrected chi connectivity index (χ3v) is 5.39. The Balaban J connectivity index is 2.10. The summed E-state index contributed by atoms with van der Waals surface area (Å²) in [5.41, 5.74) is 6.03. The molecule has 1 aromatic carbocycles. The van der Waals surface area contributed by atoms with Crippen LogP contribution in [-0.2, 0) is 0 Å². The molecule has 0 amide bonds. The molecule has 1 fully saturated rings. The van der Waals surface area contributed by atoms with Crippen molar-refractivity contribution in [2.45, 2.75) is 65.0 Å². The van der Waals surface area contributed by atoms with Gasteiger partial charge in [-0.05, 0) is 71.3 Å². The summed E-state index contributed by atoms with van der Waals surface area (Å²) in [6.07, 6.45) is 5.39. The molecule has 1 aliphatic rings. The van der Waals surface area contributed by atoms with E-state index >= 15 is 0 Å². The summed E-state index contributed by atoms with van der Waals surface area (Å²) >= 11 is 0. The number of aryl methyl sites for hydroxylation is 3. The van der Waals surface area contributed by atoms with Gasteiger partial charge in [-0.2, -0.15) is 0 Å². The van der Waals surface area contributed by atoms with Crippen molar-refractivity contribution in [3.05, 3.63) is 34.4 Å². The van der Waals surface area contributed by atoms with Gasteiger partial charge in [-0.25, -0.2) is 0 Å². The van der Waals surface area contributed by atoms with E-state index in [1.807, 2.05) is 0 Å². The Kier molecular flexibility index (Phi) is 5.11. The SMILES string of the molecule is Cc1cc(C)c(C(C)NCC2(N(C)C)CCCC2)c(C)c1. The minimum atomic E-state index is 0.362. The van der Waals surface area contributed by atoms with Crippen LogP contribution in [0, 0.1) is 20.8 Å². The molecule has 1 unspecified atom stereocenters. The van der Waals surface area contributed by atoms with E-state index in [9.17, 15) is 0 Å². The van der Waals surface area contributed by atoms with Crippen LogP contribution in [-0.4, -0.2) is 31.1 Å². The fourth-order valence-corrected chi connectivity index (χ4v) is 4.13. The first-order valence-electron chi connectivity index (χ1n) is 8.34. The predicted molar refractivity (Wildman–Crippen MR) is 92.0 cm³/mol. The molecular weight excluding hydrogens is 256 g/mol. The second-order valence-corrected chi connectivity index (χ2v) is 7.24.